The molecule has 0 aliphatic rings. The molecule has 1 rings (SSSR count). The molecule has 0 aromatic carbocycles. The average molecular weight is 274 g/mol. The minimum atomic E-state index is 0.186. The van der Waals surface area contributed by atoms with Crippen molar-refractivity contribution < 1.29 is 9.47 Å². The minimum absolute atomic E-state index is 0.186. The Morgan fingerprint density at radius 3 is 2.93 bits per heavy atom. The van der Waals surface area contributed by atoms with Gasteiger partial charge in [-0.05, 0) is 34.5 Å². The molecule has 0 unspecified atom stereocenters. The van der Waals surface area contributed by atoms with E-state index in [4.69, 9.17) is 9.47 Å². The molecule has 15 heavy (non-hydrogen) atoms. The Balaban J connectivity index is 2.54. The van der Waals surface area contributed by atoms with Crippen LogP contribution in [0.15, 0.2) is 22.9 Å². The van der Waals surface area contributed by atoms with Gasteiger partial charge in [-0.3, -0.25) is 0 Å². The number of methoxy groups -OCH3 is 1. The van der Waals surface area contributed by atoms with E-state index in [0.717, 1.165) is 29.8 Å². The van der Waals surface area contributed by atoms with Gasteiger partial charge in [0.25, 0.3) is 0 Å². The zero-order valence-corrected chi connectivity index (χ0v) is 10.7. The Hall–Kier alpha value is -0.610. The van der Waals surface area contributed by atoms with E-state index < -0.39 is 0 Å². The van der Waals surface area contributed by atoms with E-state index in [1.54, 1.807) is 13.3 Å². The summed E-state index contributed by atoms with van der Waals surface area (Å²) in [6.07, 6.45) is 3.77. The fraction of sp³-hybridized carbons (Fsp3) is 0.545. The van der Waals surface area contributed by atoms with Crippen molar-refractivity contribution >= 4 is 15.9 Å². The van der Waals surface area contributed by atoms with Crippen molar-refractivity contribution in [1.29, 1.82) is 0 Å². The molecule has 0 aliphatic heterocycles. The molecule has 0 N–H and O–H groups in total. The van der Waals surface area contributed by atoms with Crippen LogP contribution in [0.3, 0.4) is 0 Å². The standard InChI is InChI=1S/C11H16BrNO2/c1-3-9(6-8-14-2)15-10-5-4-7-13-11(10)12/h4-5,7,9H,3,6,8H2,1-2H3/t9-/m1/s1. The first kappa shape index (κ1) is 12.5. The van der Waals surface area contributed by atoms with Gasteiger partial charge in [0.2, 0.25) is 0 Å². The van der Waals surface area contributed by atoms with Crippen LogP contribution in [0.1, 0.15) is 19.8 Å². The van der Waals surface area contributed by atoms with Gasteiger partial charge in [-0.15, -0.1) is 0 Å². The highest BCUT2D eigenvalue weighted by atomic mass is 79.9. The van der Waals surface area contributed by atoms with Crippen molar-refractivity contribution in [2.75, 3.05) is 13.7 Å². The van der Waals surface area contributed by atoms with Crippen molar-refractivity contribution in [3.8, 4) is 5.75 Å². The number of hydrogen-bond acceptors (Lipinski definition) is 3. The highest BCUT2D eigenvalue weighted by molar-refractivity contribution is 9.10. The lowest BCUT2D eigenvalue weighted by Gasteiger charge is -2.17. The lowest BCUT2D eigenvalue weighted by atomic mass is 10.2. The Morgan fingerprint density at radius 2 is 2.33 bits per heavy atom. The van der Waals surface area contributed by atoms with E-state index >= 15 is 0 Å². The fourth-order valence-electron chi connectivity index (χ4n) is 1.23. The minimum Gasteiger partial charge on any atom is -0.488 e. The second-order valence-electron chi connectivity index (χ2n) is 3.22. The van der Waals surface area contributed by atoms with Gasteiger partial charge in [0.1, 0.15) is 10.7 Å². The van der Waals surface area contributed by atoms with Crippen LogP contribution in [-0.4, -0.2) is 24.8 Å². The van der Waals surface area contributed by atoms with Crippen LogP contribution in [0, 0.1) is 0 Å². The fourth-order valence-corrected chi connectivity index (χ4v) is 1.58. The predicted octanol–water partition coefficient (Wildman–Crippen LogP) is 3.04. The van der Waals surface area contributed by atoms with Gasteiger partial charge in [-0.2, -0.15) is 0 Å². The molecule has 0 spiro atoms. The van der Waals surface area contributed by atoms with Crippen molar-refractivity contribution in [3.63, 3.8) is 0 Å². The lowest BCUT2D eigenvalue weighted by molar-refractivity contribution is 0.122. The zero-order chi connectivity index (χ0) is 11.1. The van der Waals surface area contributed by atoms with Gasteiger partial charge in [0.15, 0.2) is 5.75 Å². The number of pyridine rings is 1. The van der Waals surface area contributed by atoms with Crippen LogP contribution in [0.4, 0.5) is 0 Å². The molecule has 0 aliphatic carbocycles. The maximum Gasteiger partial charge on any atom is 0.152 e. The second-order valence-corrected chi connectivity index (χ2v) is 3.97. The maximum atomic E-state index is 5.81. The number of hydrogen-bond donors (Lipinski definition) is 0. The molecule has 1 heterocycles. The summed E-state index contributed by atoms with van der Waals surface area (Å²) in [7, 11) is 1.70. The molecule has 3 nitrogen and oxygen atoms in total. The Labute approximate surface area is 98.9 Å². The molecule has 0 radical (unpaired) electrons. The van der Waals surface area contributed by atoms with Gasteiger partial charge in [-0.1, -0.05) is 6.92 Å². The first-order chi connectivity index (χ1) is 7.27. The van der Waals surface area contributed by atoms with Gasteiger partial charge < -0.3 is 9.47 Å². The third-order valence-electron chi connectivity index (χ3n) is 2.12. The summed E-state index contributed by atoms with van der Waals surface area (Å²) in [4.78, 5) is 4.11. The molecule has 1 atom stereocenters. The molecular formula is C11H16BrNO2. The number of nitrogens with zero attached hydrogens (tertiary/aromatic N) is 1. The number of aromatic nitrogens is 1. The molecule has 0 amide bonds. The smallest absolute Gasteiger partial charge is 0.152 e. The summed E-state index contributed by atoms with van der Waals surface area (Å²) in [6, 6.07) is 3.77. The van der Waals surface area contributed by atoms with Gasteiger partial charge in [0, 0.05) is 26.3 Å². The lowest BCUT2D eigenvalue weighted by Crippen LogP contribution is -2.17. The van der Waals surface area contributed by atoms with Crippen LogP contribution in [-0.2, 0) is 4.74 Å². The Bertz CT molecular complexity index is 294. The first-order valence-electron chi connectivity index (χ1n) is 5.04. The summed E-state index contributed by atoms with van der Waals surface area (Å²) in [6.45, 7) is 2.82. The van der Waals surface area contributed by atoms with Crippen LogP contribution in [0.25, 0.3) is 0 Å². The van der Waals surface area contributed by atoms with Gasteiger partial charge in [-0.25, -0.2) is 4.98 Å². The monoisotopic (exact) mass is 273 g/mol. The Kier molecular flexibility index (Phi) is 5.65. The third-order valence-corrected chi connectivity index (χ3v) is 2.71. The van der Waals surface area contributed by atoms with Gasteiger partial charge >= 0.3 is 0 Å². The van der Waals surface area contributed by atoms with Crippen LogP contribution >= 0.6 is 15.9 Å². The number of rotatable bonds is 6. The van der Waals surface area contributed by atoms with Crippen LogP contribution < -0.4 is 4.74 Å². The molecule has 84 valence electrons. The summed E-state index contributed by atoms with van der Waals surface area (Å²) in [5, 5.41) is 0. The highest BCUT2D eigenvalue weighted by Gasteiger charge is 2.10. The molecule has 0 bridgehead atoms. The van der Waals surface area contributed by atoms with Crippen LogP contribution in [0.5, 0.6) is 5.75 Å². The summed E-state index contributed by atoms with van der Waals surface area (Å²) in [5.74, 6) is 0.792. The normalized spacial score (nSPS) is 12.5. The SMILES string of the molecule is CC[C@H](CCOC)Oc1cccnc1Br. The van der Waals surface area contributed by atoms with Crippen molar-refractivity contribution in [1.82, 2.24) is 4.98 Å². The molecule has 4 heteroatoms. The highest BCUT2D eigenvalue weighted by Crippen LogP contribution is 2.23. The predicted molar refractivity (Wildman–Crippen MR) is 63.1 cm³/mol. The van der Waals surface area contributed by atoms with Crippen molar-refractivity contribution in [3.05, 3.63) is 22.9 Å². The Morgan fingerprint density at radius 1 is 1.53 bits per heavy atom. The largest absolute Gasteiger partial charge is 0.488 e. The molecular weight excluding hydrogens is 258 g/mol. The summed E-state index contributed by atoms with van der Waals surface area (Å²) in [5.41, 5.74) is 0. The first-order valence-corrected chi connectivity index (χ1v) is 5.83. The summed E-state index contributed by atoms with van der Waals surface area (Å²) >= 11 is 3.35. The quantitative estimate of drug-likeness (QED) is 0.747. The van der Waals surface area contributed by atoms with E-state index in [0.29, 0.717) is 0 Å². The average Bonchev–Trinajstić information content (AvgIpc) is 2.26. The maximum absolute atomic E-state index is 5.81. The van der Waals surface area contributed by atoms with E-state index in [2.05, 4.69) is 27.8 Å². The van der Waals surface area contributed by atoms with E-state index in [9.17, 15) is 0 Å². The van der Waals surface area contributed by atoms with Crippen LogP contribution in [0.2, 0.25) is 0 Å². The number of ether oxygens (including phenoxy) is 2. The van der Waals surface area contributed by atoms with Crippen molar-refractivity contribution in [2.24, 2.45) is 0 Å². The zero-order valence-electron chi connectivity index (χ0n) is 9.07. The van der Waals surface area contributed by atoms with Crippen molar-refractivity contribution in [2.45, 2.75) is 25.9 Å². The molecule has 0 fully saturated rings. The number of halogens is 1. The topological polar surface area (TPSA) is 31.4 Å². The molecule has 0 saturated heterocycles. The molecule has 0 saturated carbocycles. The molecule has 1 aromatic heterocycles. The second kappa shape index (κ2) is 6.80. The van der Waals surface area contributed by atoms with E-state index in [1.807, 2.05) is 12.1 Å². The molecule has 1 aromatic rings. The van der Waals surface area contributed by atoms with Gasteiger partial charge in [0.05, 0.1) is 0 Å². The summed E-state index contributed by atoms with van der Waals surface area (Å²) < 4.78 is 11.6. The van der Waals surface area contributed by atoms with E-state index in [1.165, 1.54) is 0 Å². The van der Waals surface area contributed by atoms with E-state index in [-0.39, 0.29) is 6.10 Å². The third kappa shape index (κ3) is 4.18.